The Kier molecular flexibility index (Phi) is 6.13. The Balaban J connectivity index is 1.94. The van der Waals surface area contributed by atoms with Crippen molar-refractivity contribution in [3.05, 3.63) is 58.6 Å². The van der Waals surface area contributed by atoms with Crippen LogP contribution in [0.15, 0.2) is 48.5 Å². The van der Waals surface area contributed by atoms with Crippen molar-refractivity contribution in [3.8, 4) is 11.5 Å². The zero-order valence-corrected chi connectivity index (χ0v) is 13.2. The summed E-state index contributed by atoms with van der Waals surface area (Å²) in [7, 11) is 0. The van der Waals surface area contributed by atoms with Crippen LogP contribution in [0.5, 0.6) is 11.5 Å². The van der Waals surface area contributed by atoms with Crippen molar-refractivity contribution in [1.82, 2.24) is 0 Å². The predicted molar refractivity (Wildman–Crippen MR) is 89.4 cm³/mol. The number of nitro groups is 1. The van der Waals surface area contributed by atoms with Gasteiger partial charge in [0.05, 0.1) is 23.3 Å². The molecule has 0 atom stereocenters. The Morgan fingerprint density at radius 2 is 1.96 bits per heavy atom. The first kappa shape index (κ1) is 17.3. The highest BCUT2D eigenvalue weighted by molar-refractivity contribution is 5.93. The highest BCUT2D eigenvalue weighted by atomic mass is 16.6. The number of anilines is 1. The van der Waals surface area contributed by atoms with Crippen molar-refractivity contribution in [2.45, 2.75) is 13.3 Å². The van der Waals surface area contributed by atoms with Gasteiger partial charge in [-0.15, -0.1) is 0 Å². The largest absolute Gasteiger partial charge is 0.491 e. The zero-order valence-electron chi connectivity index (χ0n) is 13.2. The maximum absolute atomic E-state index is 12.0. The first-order chi connectivity index (χ1) is 11.6. The fraction of sp³-hybridized carbons (Fsp3) is 0.235. The molecule has 0 aliphatic rings. The first-order valence-corrected chi connectivity index (χ1v) is 7.49. The number of rotatable bonds is 8. The van der Waals surface area contributed by atoms with E-state index in [0.717, 1.165) is 6.42 Å². The molecule has 0 fully saturated rings. The topological polar surface area (TPSA) is 90.7 Å². The summed E-state index contributed by atoms with van der Waals surface area (Å²) in [4.78, 5) is 22.2. The fourth-order valence-electron chi connectivity index (χ4n) is 1.93. The fourth-order valence-corrected chi connectivity index (χ4v) is 1.93. The number of amides is 1. The molecular weight excluding hydrogens is 312 g/mol. The van der Waals surface area contributed by atoms with Gasteiger partial charge in [-0.25, -0.2) is 0 Å². The molecule has 0 radical (unpaired) electrons. The number of non-ortho nitro benzene ring substituents is 1. The molecule has 0 saturated heterocycles. The van der Waals surface area contributed by atoms with Crippen molar-refractivity contribution < 1.29 is 19.2 Å². The molecule has 0 bridgehead atoms. The molecule has 0 aliphatic heterocycles. The number of carbonyl (C=O) groups excluding carboxylic acids is 1. The van der Waals surface area contributed by atoms with Crippen LogP contribution in [-0.2, 0) is 4.79 Å². The standard InChI is InChI=1S/C17H18N2O5/c1-2-10-23-16-9-4-3-8-15(16)18-17(20)12-24-14-7-5-6-13(11-14)19(21)22/h3-9,11H,2,10,12H2,1H3,(H,18,20). The quantitative estimate of drug-likeness (QED) is 0.592. The summed E-state index contributed by atoms with van der Waals surface area (Å²) in [6.45, 7) is 2.29. The third kappa shape index (κ3) is 4.98. The van der Waals surface area contributed by atoms with Gasteiger partial charge in [-0.05, 0) is 24.6 Å². The number of hydrogen-bond acceptors (Lipinski definition) is 5. The molecule has 2 aromatic rings. The smallest absolute Gasteiger partial charge is 0.273 e. The summed E-state index contributed by atoms with van der Waals surface area (Å²) in [5.41, 5.74) is 0.463. The van der Waals surface area contributed by atoms with Crippen LogP contribution in [0.25, 0.3) is 0 Å². The van der Waals surface area contributed by atoms with Crippen molar-refractivity contribution in [2.24, 2.45) is 0 Å². The summed E-state index contributed by atoms with van der Waals surface area (Å²) >= 11 is 0. The number of benzene rings is 2. The molecule has 1 N–H and O–H groups in total. The van der Waals surface area contributed by atoms with Crippen LogP contribution in [0.2, 0.25) is 0 Å². The first-order valence-electron chi connectivity index (χ1n) is 7.49. The predicted octanol–water partition coefficient (Wildman–Crippen LogP) is 3.40. The third-order valence-electron chi connectivity index (χ3n) is 3.02. The van der Waals surface area contributed by atoms with Crippen LogP contribution in [0, 0.1) is 10.1 Å². The van der Waals surface area contributed by atoms with E-state index in [1.807, 2.05) is 13.0 Å². The Labute approximate surface area is 139 Å². The molecule has 0 spiro atoms. The summed E-state index contributed by atoms with van der Waals surface area (Å²) in [6.07, 6.45) is 0.859. The number of nitrogens with zero attached hydrogens (tertiary/aromatic N) is 1. The number of para-hydroxylation sites is 2. The van der Waals surface area contributed by atoms with E-state index in [0.29, 0.717) is 18.0 Å². The van der Waals surface area contributed by atoms with Gasteiger partial charge in [-0.3, -0.25) is 14.9 Å². The van der Waals surface area contributed by atoms with Gasteiger partial charge in [0.15, 0.2) is 6.61 Å². The van der Waals surface area contributed by atoms with E-state index >= 15 is 0 Å². The van der Waals surface area contributed by atoms with E-state index in [1.165, 1.54) is 18.2 Å². The number of hydrogen-bond donors (Lipinski definition) is 1. The summed E-state index contributed by atoms with van der Waals surface area (Å²) < 4.78 is 10.9. The molecule has 0 heterocycles. The Morgan fingerprint density at radius 3 is 2.71 bits per heavy atom. The second-order valence-corrected chi connectivity index (χ2v) is 4.94. The monoisotopic (exact) mass is 330 g/mol. The number of ether oxygens (including phenoxy) is 2. The Hall–Kier alpha value is -3.09. The zero-order chi connectivity index (χ0) is 17.4. The van der Waals surface area contributed by atoms with Gasteiger partial charge in [0.1, 0.15) is 11.5 Å². The van der Waals surface area contributed by atoms with E-state index in [4.69, 9.17) is 9.47 Å². The lowest BCUT2D eigenvalue weighted by Gasteiger charge is -2.12. The number of nitro benzene ring substituents is 1. The lowest BCUT2D eigenvalue weighted by molar-refractivity contribution is -0.384. The molecule has 0 unspecified atom stereocenters. The third-order valence-corrected chi connectivity index (χ3v) is 3.02. The minimum Gasteiger partial charge on any atom is -0.491 e. The van der Waals surface area contributed by atoms with Gasteiger partial charge in [-0.2, -0.15) is 0 Å². The molecule has 2 rings (SSSR count). The molecule has 24 heavy (non-hydrogen) atoms. The average Bonchev–Trinajstić information content (AvgIpc) is 2.59. The lowest BCUT2D eigenvalue weighted by atomic mass is 10.3. The van der Waals surface area contributed by atoms with Gasteiger partial charge < -0.3 is 14.8 Å². The van der Waals surface area contributed by atoms with Crippen molar-refractivity contribution in [1.29, 1.82) is 0 Å². The maximum atomic E-state index is 12.0. The SMILES string of the molecule is CCCOc1ccccc1NC(=O)COc1cccc([N+](=O)[O-])c1. The van der Waals surface area contributed by atoms with Crippen LogP contribution in [0.3, 0.4) is 0 Å². The van der Waals surface area contributed by atoms with Crippen LogP contribution >= 0.6 is 0 Å². The molecule has 0 saturated carbocycles. The minimum atomic E-state index is -0.520. The molecule has 0 aliphatic carbocycles. The number of carbonyl (C=O) groups is 1. The molecular formula is C17H18N2O5. The molecule has 7 nitrogen and oxygen atoms in total. The van der Waals surface area contributed by atoms with Crippen LogP contribution in [0.1, 0.15) is 13.3 Å². The Morgan fingerprint density at radius 1 is 1.17 bits per heavy atom. The average molecular weight is 330 g/mol. The van der Waals surface area contributed by atoms with Gasteiger partial charge in [0.25, 0.3) is 11.6 Å². The van der Waals surface area contributed by atoms with Crippen molar-refractivity contribution in [2.75, 3.05) is 18.5 Å². The lowest BCUT2D eigenvalue weighted by Crippen LogP contribution is -2.20. The minimum absolute atomic E-state index is 0.0915. The van der Waals surface area contributed by atoms with Crippen molar-refractivity contribution in [3.63, 3.8) is 0 Å². The van der Waals surface area contributed by atoms with Crippen molar-refractivity contribution >= 4 is 17.3 Å². The van der Waals surface area contributed by atoms with Gasteiger partial charge >= 0.3 is 0 Å². The van der Waals surface area contributed by atoms with Gasteiger partial charge in [0, 0.05) is 6.07 Å². The second kappa shape index (κ2) is 8.52. The van der Waals surface area contributed by atoms with Crippen LogP contribution in [-0.4, -0.2) is 24.0 Å². The van der Waals surface area contributed by atoms with Gasteiger partial charge in [0.2, 0.25) is 0 Å². The molecule has 0 aromatic heterocycles. The Bertz CT molecular complexity index is 718. The van der Waals surface area contributed by atoms with E-state index in [1.54, 1.807) is 24.3 Å². The van der Waals surface area contributed by atoms with E-state index in [2.05, 4.69) is 5.32 Å². The summed E-state index contributed by atoms with van der Waals surface area (Å²) in [5.74, 6) is 0.465. The highest BCUT2D eigenvalue weighted by Crippen LogP contribution is 2.24. The number of nitrogens with one attached hydrogen (secondary N) is 1. The van der Waals surface area contributed by atoms with E-state index < -0.39 is 4.92 Å². The van der Waals surface area contributed by atoms with Gasteiger partial charge in [-0.1, -0.05) is 25.1 Å². The summed E-state index contributed by atoms with van der Waals surface area (Å²) in [5, 5.41) is 13.4. The molecule has 126 valence electrons. The molecule has 1 amide bonds. The molecule has 7 heteroatoms. The molecule has 2 aromatic carbocycles. The van der Waals surface area contributed by atoms with Crippen LogP contribution < -0.4 is 14.8 Å². The summed E-state index contributed by atoms with van der Waals surface area (Å²) in [6, 6.07) is 12.8. The second-order valence-electron chi connectivity index (χ2n) is 4.94. The normalized spacial score (nSPS) is 10.0. The maximum Gasteiger partial charge on any atom is 0.273 e. The van der Waals surface area contributed by atoms with E-state index in [9.17, 15) is 14.9 Å². The van der Waals surface area contributed by atoms with Crippen LogP contribution in [0.4, 0.5) is 11.4 Å². The van der Waals surface area contributed by atoms with E-state index in [-0.39, 0.29) is 24.0 Å². The highest BCUT2D eigenvalue weighted by Gasteiger charge is 2.10.